The lowest BCUT2D eigenvalue weighted by molar-refractivity contribution is 0.618. The molecule has 3 nitrogen and oxygen atoms in total. The van der Waals surface area contributed by atoms with Crippen molar-refractivity contribution in [2.45, 2.75) is 13.8 Å². The van der Waals surface area contributed by atoms with Gasteiger partial charge in [0.05, 0.1) is 22.3 Å². The Labute approximate surface area is 178 Å². The van der Waals surface area contributed by atoms with Crippen molar-refractivity contribution in [2.24, 2.45) is 0 Å². The lowest BCUT2D eigenvalue weighted by Crippen LogP contribution is -2.02. The molecule has 31 heavy (non-hydrogen) atoms. The first-order valence-electron chi connectivity index (χ1n) is 10.3. The molecule has 2 aromatic heterocycles. The quantitative estimate of drug-likeness (QED) is 0.301. The summed E-state index contributed by atoms with van der Waals surface area (Å²) in [6.45, 7) is 4.23. The normalized spacial score (nSPS) is 11.7. The molecule has 0 saturated heterocycles. The molecule has 0 unspecified atom stereocenters. The Kier molecular flexibility index (Phi) is 3.78. The molecule has 4 heteroatoms. The van der Waals surface area contributed by atoms with E-state index >= 15 is 0 Å². The first-order valence-corrected chi connectivity index (χ1v) is 10.3. The fourth-order valence-electron chi connectivity index (χ4n) is 4.54. The molecule has 0 aliphatic carbocycles. The molecule has 0 aliphatic rings. The van der Waals surface area contributed by atoms with Crippen LogP contribution >= 0.6 is 0 Å². The average molecular weight is 406 g/mol. The highest BCUT2D eigenvalue weighted by atomic mass is 19.1. The van der Waals surface area contributed by atoms with Crippen LogP contribution in [0, 0.1) is 19.7 Å². The Morgan fingerprint density at radius 3 is 2.42 bits per heavy atom. The average Bonchev–Trinajstić information content (AvgIpc) is 3.32. The molecule has 0 N–H and O–H groups in total. The largest absolute Gasteiger partial charge is 0.455 e. The number of hydrogen-bond acceptors (Lipinski definition) is 2. The Hall–Kier alpha value is -3.92. The predicted octanol–water partition coefficient (Wildman–Crippen LogP) is 7.35. The van der Waals surface area contributed by atoms with Crippen molar-refractivity contribution in [3.63, 3.8) is 0 Å². The lowest BCUT2D eigenvalue weighted by Gasteiger charge is -2.15. The number of imidazole rings is 1. The van der Waals surface area contributed by atoms with Gasteiger partial charge >= 0.3 is 0 Å². The standard InChI is InChI=1S/C27H19FN2O/c1-16-7-5-8-17(2)25(16)30-23-12-4-3-11-22(23)29-27(30)21-10-6-9-20-19-14-13-18(28)15-24(19)31-26(20)21/h3-15H,1-2H3. The molecule has 0 fully saturated rings. The van der Waals surface area contributed by atoms with Crippen LogP contribution in [0.15, 0.2) is 83.3 Å². The molecule has 0 aliphatic heterocycles. The van der Waals surface area contributed by atoms with Gasteiger partial charge in [0.1, 0.15) is 22.8 Å². The zero-order chi connectivity index (χ0) is 21.1. The molecule has 0 spiro atoms. The highest BCUT2D eigenvalue weighted by molar-refractivity contribution is 6.09. The number of hydrogen-bond donors (Lipinski definition) is 0. The van der Waals surface area contributed by atoms with Crippen molar-refractivity contribution in [3.05, 3.63) is 95.8 Å². The molecule has 4 aromatic carbocycles. The molecule has 6 rings (SSSR count). The highest BCUT2D eigenvalue weighted by Gasteiger charge is 2.21. The van der Waals surface area contributed by atoms with Crippen molar-refractivity contribution in [2.75, 3.05) is 0 Å². The van der Waals surface area contributed by atoms with Gasteiger partial charge in [-0.3, -0.25) is 4.57 Å². The van der Waals surface area contributed by atoms with Gasteiger partial charge in [0.2, 0.25) is 0 Å². The van der Waals surface area contributed by atoms with E-state index in [0.29, 0.717) is 11.2 Å². The first-order chi connectivity index (χ1) is 15.1. The summed E-state index contributed by atoms with van der Waals surface area (Å²) in [6, 6.07) is 25.2. The number of rotatable bonds is 2. The lowest BCUT2D eigenvalue weighted by atomic mass is 10.1. The number of furan rings is 1. The molecule has 2 heterocycles. The predicted molar refractivity (Wildman–Crippen MR) is 123 cm³/mol. The number of nitrogens with zero attached hydrogens (tertiary/aromatic N) is 2. The molecule has 0 bridgehead atoms. The van der Waals surface area contributed by atoms with Crippen LogP contribution in [0.3, 0.4) is 0 Å². The minimum atomic E-state index is -0.309. The van der Waals surface area contributed by atoms with Gasteiger partial charge < -0.3 is 4.42 Å². The van der Waals surface area contributed by atoms with Crippen LogP contribution in [0.1, 0.15) is 11.1 Å². The fourth-order valence-corrected chi connectivity index (χ4v) is 4.54. The number of para-hydroxylation sites is 4. The van der Waals surface area contributed by atoms with Crippen molar-refractivity contribution in [3.8, 4) is 17.1 Å². The monoisotopic (exact) mass is 406 g/mol. The van der Waals surface area contributed by atoms with E-state index in [1.165, 1.54) is 23.3 Å². The zero-order valence-corrected chi connectivity index (χ0v) is 17.2. The highest BCUT2D eigenvalue weighted by Crippen LogP contribution is 2.38. The van der Waals surface area contributed by atoms with Gasteiger partial charge in [-0.25, -0.2) is 9.37 Å². The van der Waals surface area contributed by atoms with Crippen molar-refractivity contribution in [1.29, 1.82) is 0 Å². The second kappa shape index (κ2) is 6.54. The summed E-state index contributed by atoms with van der Waals surface area (Å²) in [7, 11) is 0. The van der Waals surface area contributed by atoms with Crippen LogP contribution in [-0.2, 0) is 0 Å². The number of fused-ring (bicyclic) bond motifs is 4. The molecule has 0 atom stereocenters. The number of halogens is 1. The SMILES string of the molecule is Cc1cccc(C)c1-n1c(-c2cccc3c2oc2cc(F)ccc23)nc2ccccc21. The summed E-state index contributed by atoms with van der Waals surface area (Å²) in [5.74, 6) is 0.500. The van der Waals surface area contributed by atoms with E-state index < -0.39 is 0 Å². The number of aryl methyl sites for hydroxylation is 2. The van der Waals surface area contributed by atoms with Crippen LogP contribution in [0.2, 0.25) is 0 Å². The topological polar surface area (TPSA) is 31.0 Å². The van der Waals surface area contributed by atoms with Gasteiger partial charge in [-0.1, -0.05) is 42.5 Å². The van der Waals surface area contributed by atoms with Crippen LogP contribution < -0.4 is 0 Å². The number of benzene rings is 4. The second-order valence-electron chi connectivity index (χ2n) is 7.92. The summed E-state index contributed by atoms with van der Waals surface area (Å²) in [5.41, 5.74) is 7.54. The third-order valence-electron chi connectivity index (χ3n) is 5.93. The Bertz CT molecular complexity index is 1600. The first kappa shape index (κ1) is 17.9. The Morgan fingerprint density at radius 1 is 0.806 bits per heavy atom. The summed E-state index contributed by atoms with van der Waals surface area (Å²) in [5, 5.41) is 1.85. The summed E-state index contributed by atoms with van der Waals surface area (Å²) in [4.78, 5) is 5.01. The molecular formula is C27H19FN2O. The van der Waals surface area contributed by atoms with Gasteiger partial charge in [-0.2, -0.15) is 0 Å². The van der Waals surface area contributed by atoms with Crippen LogP contribution in [0.4, 0.5) is 4.39 Å². The maximum absolute atomic E-state index is 13.8. The molecule has 150 valence electrons. The van der Waals surface area contributed by atoms with E-state index in [1.54, 1.807) is 6.07 Å². The van der Waals surface area contributed by atoms with Gasteiger partial charge in [-0.15, -0.1) is 0 Å². The minimum absolute atomic E-state index is 0.309. The zero-order valence-electron chi connectivity index (χ0n) is 17.2. The third-order valence-corrected chi connectivity index (χ3v) is 5.93. The molecule has 6 aromatic rings. The van der Waals surface area contributed by atoms with E-state index in [2.05, 4.69) is 42.7 Å². The van der Waals surface area contributed by atoms with Crippen LogP contribution in [0.5, 0.6) is 0 Å². The third kappa shape index (κ3) is 2.61. The maximum atomic E-state index is 13.8. The smallest absolute Gasteiger partial charge is 0.149 e. The second-order valence-corrected chi connectivity index (χ2v) is 7.92. The van der Waals surface area contributed by atoms with E-state index in [1.807, 2.05) is 36.4 Å². The van der Waals surface area contributed by atoms with E-state index in [-0.39, 0.29) is 5.82 Å². The maximum Gasteiger partial charge on any atom is 0.149 e. The molecule has 0 amide bonds. The van der Waals surface area contributed by atoms with E-state index in [9.17, 15) is 4.39 Å². The number of aromatic nitrogens is 2. The fraction of sp³-hybridized carbons (Fsp3) is 0.0741. The van der Waals surface area contributed by atoms with Gasteiger partial charge in [0, 0.05) is 16.8 Å². The van der Waals surface area contributed by atoms with Gasteiger partial charge in [0.25, 0.3) is 0 Å². The van der Waals surface area contributed by atoms with Crippen molar-refractivity contribution < 1.29 is 8.81 Å². The van der Waals surface area contributed by atoms with Crippen molar-refractivity contribution >= 4 is 33.0 Å². The molecule has 0 radical (unpaired) electrons. The minimum Gasteiger partial charge on any atom is -0.455 e. The van der Waals surface area contributed by atoms with Gasteiger partial charge in [0.15, 0.2) is 0 Å². The van der Waals surface area contributed by atoms with Crippen LogP contribution in [-0.4, -0.2) is 9.55 Å². The van der Waals surface area contributed by atoms with Crippen LogP contribution in [0.25, 0.3) is 50.0 Å². The Morgan fingerprint density at radius 2 is 1.58 bits per heavy atom. The summed E-state index contributed by atoms with van der Waals surface area (Å²) in [6.07, 6.45) is 0. The summed E-state index contributed by atoms with van der Waals surface area (Å²) < 4.78 is 22.2. The summed E-state index contributed by atoms with van der Waals surface area (Å²) >= 11 is 0. The Balaban J connectivity index is 1.75. The van der Waals surface area contributed by atoms with E-state index in [0.717, 1.165) is 38.9 Å². The molecule has 0 saturated carbocycles. The molecular weight excluding hydrogens is 387 g/mol. The van der Waals surface area contributed by atoms with Gasteiger partial charge in [-0.05, 0) is 55.3 Å². The van der Waals surface area contributed by atoms with E-state index in [4.69, 9.17) is 9.40 Å². The van der Waals surface area contributed by atoms with Crippen molar-refractivity contribution in [1.82, 2.24) is 9.55 Å².